The van der Waals surface area contributed by atoms with Crippen LogP contribution in [0, 0.1) is 0 Å². The summed E-state index contributed by atoms with van der Waals surface area (Å²) < 4.78 is 2.17. The first-order valence-electron chi connectivity index (χ1n) is 11.2. The molecule has 3 aromatic carbocycles. The molecule has 0 saturated heterocycles. The van der Waals surface area contributed by atoms with Gasteiger partial charge in [0.2, 0.25) is 5.91 Å². The molecule has 0 atom stereocenters. The smallest absolute Gasteiger partial charge is 0.224 e. The molecule has 0 unspecified atom stereocenters. The topological polar surface area (TPSA) is 63.1 Å². The van der Waals surface area contributed by atoms with E-state index in [0.717, 1.165) is 49.8 Å². The van der Waals surface area contributed by atoms with Crippen LogP contribution in [0.4, 0.5) is 0 Å². The molecule has 2 heterocycles. The van der Waals surface area contributed by atoms with Gasteiger partial charge in [0.15, 0.2) is 5.82 Å². The van der Waals surface area contributed by atoms with Crippen molar-refractivity contribution in [3.05, 3.63) is 95.6 Å². The molecule has 0 bridgehead atoms. The minimum atomic E-state index is 0.0000950. The second kappa shape index (κ2) is 9.32. The zero-order chi connectivity index (χ0) is 21.8. The van der Waals surface area contributed by atoms with Crippen molar-refractivity contribution in [3.8, 4) is 0 Å². The molecule has 0 aliphatic carbocycles. The fourth-order valence-corrected chi connectivity index (χ4v) is 4.33. The Labute approximate surface area is 187 Å². The minimum absolute atomic E-state index is 0.0000950. The molecule has 0 saturated carbocycles. The number of nitrogens with zero attached hydrogens (tertiary/aromatic N) is 4. The summed E-state index contributed by atoms with van der Waals surface area (Å²) in [6, 6.07) is 25.0. The molecule has 0 spiro atoms. The van der Waals surface area contributed by atoms with Crippen LogP contribution in [0.15, 0.2) is 72.8 Å². The number of fused-ring (bicyclic) bond motifs is 2. The number of carbonyl (C=O) groups is 1. The van der Waals surface area contributed by atoms with Crippen molar-refractivity contribution in [2.45, 2.75) is 32.5 Å². The first kappa shape index (κ1) is 20.4. The fourth-order valence-electron chi connectivity index (χ4n) is 4.33. The summed E-state index contributed by atoms with van der Waals surface area (Å²) in [4.78, 5) is 14.8. The Balaban J connectivity index is 1.19. The fraction of sp³-hybridized carbons (Fsp3) is 0.269. The second-order valence-electron chi connectivity index (χ2n) is 8.33. The van der Waals surface area contributed by atoms with Gasteiger partial charge in [-0.25, -0.2) is 0 Å². The molecule has 5 rings (SSSR count). The van der Waals surface area contributed by atoms with Crippen molar-refractivity contribution in [3.63, 3.8) is 0 Å². The standard InChI is InChI=1S/C26H27N5O/c32-26(17-20-6-2-1-3-7-20)27-18-25-29-28-24-12-13-30(14-15-31(24)25)19-21-10-11-22-8-4-5-9-23(22)16-21/h1-11,16H,12-15,17-19H2,(H,27,32). The van der Waals surface area contributed by atoms with E-state index in [0.29, 0.717) is 13.0 Å². The first-order valence-corrected chi connectivity index (χ1v) is 11.2. The number of nitrogens with one attached hydrogen (secondary N) is 1. The van der Waals surface area contributed by atoms with Gasteiger partial charge in [-0.05, 0) is 28.0 Å². The van der Waals surface area contributed by atoms with Crippen LogP contribution in [0.1, 0.15) is 22.8 Å². The van der Waals surface area contributed by atoms with E-state index in [-0.39, 0.29) is 5.91 Å². The van der Waals surface area contributed by atoms with Gasteiger partial charge in [0.1, 0.15) is 5.82 Å². The average molecular weight is 426 g/mol. The van der Waals surface area contributed by atoms with Crippen molar-refractivity contribution in [1.29, 1.82) is 0 Å². The second-order valence-corrected chi connectivity index (χ2v) is 8.33. The van der Waals surface area contributed by atoms with Crippen molar-refractivity contribution in [2.75, 3.05) is 13.1 Å². The predicted octanol–water partition coefficient (Wildman–Crippen LogP) is 3.35. The number of carbonyl (C=O) groups excluding carboxylic acids is 1. The van der Waals surface area contributed by atoms with E-state index in [9.17, 15) is 4.79 Å². The minimum Gasteiger partial charge on any atom is -0.349 e. The lowest BCUT2D eigenvalue weighted by atomic mass is 10.1. The van der Waals surface area contributed by atoms with Gasteiger partial charge < -0.3 is 9.88 Å². The van der Waals surface area contributed by atoms with E-state index in [2.05, 4.69) is 67.4 Å². The van der Waals surface area contributed by atoms with Gasteiger partial charge in [-0.1, -0.05) is 66.7 Å². The highest BCUT2D eigenvalue weighted by atomic mass is 16.1. The van der Waals surface area contributed by atoms with Crippen LogP contribution < -0.4 is 5.32 Å². The van der Waals surface area contributed by atoms with E-state index in [1.807, 2.05) is 30.3 Å². The molecule has 1 aromatic heterocycles. The molecule has 6 heteroatoms. The van der Waals surface area contributed by atoms with Gasteiger partial charge in [-0.2, -0.15) is 0 Å². The summed E-state index contributed by atoms with van der Waals surface area (Å²) in [5.74, 6) is 1.83. The van der Waals surface area contributed by atoms with Crippen molar-refractivity contribution >= 4 is 16.7 Å². The third kappa shape index (κ3) is 4.70. The molecule has 4 aromatic rings. The third-order valence-corrected chi connectivity index (χ3v) is 6.07. The SMILES string of the molecule is O=C(Cc1ccccc1)NCc1nnc2n1CCN(Cc1ccc3ccccc3c1)CC2. The number of hydrogen-bond donors (Lipinski definition) is 1. The highest BCUT2D eigenvalue weighted by Gasteiger charge is 2.19. The average Bonchev–Trinajstić information content (AvgIpc) is 3.10. The van der Waals surface area contributed by atoms with Gasteiger partial charge in [0.25, 0.3) is 0 Å². The third-order valence-electron chi connectivity index (χ3n) is 6.07. The van der Waals surface area contributed by atoms with Crippen LogP contribution in [0.3, 0.4) is 0 Å². The van der Waals surface area contributed by atoms with Gasteiger partial charge in [0, 0.05) is 32.6 Å². The molecule has 32 heavy (non-hydrogen) atoms. The zero-order valence-corrected chi connectivity index (χ0v) is 18.1. The number of hydrogen-bond acceptors (Lipinski definition) is 4. The molecule has 1 N–H and O–H groups in total. The summed E-state index contributed by atoms with van der Waals surface area (Å²) in [5, 5.41) is 14.3. The molecule has 1 aliphatic heterocycles. The number of amides is 1. The Morgan fingerprint density at radius 1 is 0.844 bits per heavy atom. The quantitative estimate of drug-likeness (QED) is 0.515. The molecule has 1 aliphatic rings. The van der Waals surface area contributed by atoms with E-state index < -0.39 is 0 Å². The van der Waals surface area contributed by atoms with Gasteiger partial charge in [-0.15, -0.1) is 10.2 Å². The normalized spacial score (nSPS) is 14.1. The highest BCUT2D eigenvalue weighted by Crippen LogP contribution is 2.18. The van der Waals surface area contributed by atoms with Crippen molar-refractivity contribution in [1.82, 2.24) is 25.0 Å². The Morgan fingerprint density at radius 2 is 1.66 bits per heavy atom. The van der Waals surface area contributed by atoms with Gasteiger partial charge in [-0.3, -0.25) is 9.69 Å². The maximum absolute atomic E-state index is 12.3. The van der Waals surface area contributed by atoms with Gasteiger partial charge >= 0.3 is 0 Å². The molecule has 6 nitrogen and oxygen atoms in total. The monoisotopic (exact) mass is 425 g/mol. The highest BCUT2D eigenvalue weighted by molar-refractivity contribution is 5.83. The maximum Gasteiger partial charge on any atom is 0.224 e. The lowest BCUT2D eigenvalue weighted by molar-refractivity contribution is -0.120. The van der Waals surface area contributed by atoms with Crippen molar-refractivity contribution in [2.24, 2.45) is 0 Å². The van der Waals surface area contributed by atoms with Crippen LogP contribution in [0.2, 0.25) is 0 Å². The van der Waals surface area contributed by atoms with Crippen LogP contribution >= 0.6 is 0 Å². The largest absolute Gasteiger partial charge is 0.349 e. The Kier molecular flexibility index (Phi) is 5.94. The van der Waals surface area contributed by atoms with E-state index >= 15 is 0 Å². The summed E-state index contributed by atoms with van der Waals surface area (Å²) in [6.07, 6.45) is 1.24. The summed E-state index contributed by atoms with van der Waals surface area (Å²) in [6.45, 7) is 4.05. The number of aromatic nitrogens is 3. The molecular weight excluding hydrogens is 398 g/mol. The zero-order valence-electron chi connectivity index (χ0n) is 18.1. The predicted molar refractivity (Wildman–Crippen MR) is 125 cm³/mol. The molecule has 0 radical (unpaired) electrons. The lowest BCUT2D eigenvalue weighted by Gasteiger charge is -2.20. The first-order chi connectivity index (χ1) is 15.7. The van der Waals surface area contributed by atoms with Crippen LogP contribution in [-0.4, -0.2) is 38.7 Å². The number of benzene rings is 3. The molecule has 1 amide bonds. The van der Waals surface area contributed by atoms with E-state index in [1.165, 1.54) is 16.3 Å². The Hall–Kier alpha value is -3.51. The Bertz CT molecular complexity index is 1220. The summed E-state index contributed by atoms with van der Waals surface area (Å²) in [7, 11) is 0. The van der Waals surface area contributed by atoms with Gasteiger partial charge in [0.05, 0.1) is 13.0 Å². The van der Waals surface area contributed by atoms with Crippen LogP contribution in [0.5, 0.6) is 0 Å². The molecule has 162 valence electrons. The maximum atomic E-state index is 12.3. The Morgan fingerprint density at radius 3 is 2.53 bits per heavy atom. The summed E-state index contributed by atoms with van der Waals surface area (Å²) >= 11 is 0. The van der Waals surface area contributed by atoms with Crippen molar-refractivity contribution < 1.29 is 4.79 Å². The van der Waals surface area contributed by atoms with Crippen LogP contribution in [0.25, 0.3) is 10.8 Å². The van der Waals surface area contributed by atoms with E-state index in [4.69, 9.17) is 0 Å². The molecule has 0 fully saturated rings. The number of rotatable bonds is 6. The van der Waals surface area contributed by atoms with E-state index in [1.54, 1.807) is 0 Å². The summed E-state index contributed by atoms with van der Waals surface area (Å²) in [5.41, 5.74) is 2.34. The van der Waals surface area contributed by atoms with Crippen LogP contribution in [-0.2, 0) is 37.3 Å². The lowest BCUT2D eigenvalue weighted by Crippen LogP contribution is -2.28. The molecular formula is C26H27N5O.